The van der Waals surface area contributed by atoms with E-state index >= 15 is 0 Å². The highest BCUT2D eigenvalue weighted by atomic mass is 32.2. The van der Waals surface area contributed by atoms with Gasteiger partial charge in [-0.05, 0) is 36.4 Å². The normalized spacial score (nSPS) is 10.3. The van der Waals surface area contributed by atoms with E-state index in [0.29, 0.717) is 0 Å². The number of rotatable bonds is 8. The van der Waals surface area contributed by atoms with Crippen molar-refractivity contribution in [3.8, 4) is 5.75 Å². The molecule has 1 aromatic carbocycles. The third kappa shape index (κ3) is 6.85. The highest BCUT2D eigenvalue weighted by Gasteiger charge is 2.07. The smallest absolute Gasteiger partial charge is 0.285 e. The summed E-state index contributed by atoms with van der Waals surface area (Å²) >= 11 is 1.22. The van der Waals surface area contributed by atoms with Crippen LogP contribution in [-0.4, -0.2) is 30.8 Å². The average molecular weight is 295 g/mol. The van der Waals surface area contributed by atoms with E-state index in [1.165, 1.54) is 37.4 Å². The van der Waals surface area contributed by atoms with Crippen LogP contribution in [-0.2, 0) is 0 Å². The molecule has 0 saturated carbocycles. The lowest BCUT2D eigenvalue weighted by atomic mass is 10.2. The molecule has 0 spiro atoms. The summed E-state index contributed by atoms with van der Waals surface area (Å²) in [6.07, 6.45) is 6.17. The zero-order chi connectivity index (χ0) is 14.8. The lowest BCUT2D eigenvalue weighted by Crippen LogP contribution is -2.15. The molecule has 0 atom stereocenters. The number of benzene rings is 1. The summed E-state index contributed by atoms with van der Waals surface area (Å²) in [5, 5.41) is 0.0294. The summed E-state index contributed by atoms with van der Waals surface area (Å²) in [7, 11) is 3.51. The first-order chi connectivity index (χ1) is 9.63. The van der Waals surface area contributed by atoms with Gasteiger partial charge >= 0.3 is 0 Å². The molecule has 20 heavy (non-hydrogen) atoms. The molecule has 0 bridgehead atoms. The highest BCUT2D eigenvalue weighted by molar-refractivity contribution is 8.13. The highest BCUT2D eigenvalue weighted by Crippen LogP contribution is 2.24. The summed E-state index contributed by atoms with van der Waals surface area (Å²) in [6.45, 7) is 2.97. The van der Waals surface area contributed by atoms with E-state index in [4.69, 9.17) is 4.74 Å². The Morgan fingerprint density at radius 2 is 1.95 bits per heavy atom. The van der Waals surface area contributed by atoms with Crippen molar-refractivity contribution < 1.29 is 9.53 Å². The summed E-state index contributed by atoms with van der Waals surface area (Å²) in [6, 6.07) is 7.73. The Balaban J connectivity index is 2.34. The lowest BCUT2D eigenvalue weighted by Gasteiger charge is -2.10. The van der Waals surface area contributed by atoms with Crippen LogP contribution in [0.25, 0.3) is 0 Å². The zero-order valence-corrected chi connectivity index (χ0v) is 13.5. The number of unbranched alkanes of at least 4 members (excludes halogenated alkanes) is 4. The number of carbonyl (C=O) groups is 1. The maximum Gasteiger partial charge on any atom is 0.285 e. The van der Waals surface area contributed by atoms with Crippen LogP contribution >= 0.6 is 11.8 Å². The van der Waals surface area contributed by atoms with Crippen LogP contribution in [0.4, 0.5) is 4.79 Å². The zero-order valence-electron chi connectivity index (χ0n) is 12.7. The first-order valence-electron chi connectivity index (χ1n) is 7.25. The molecule has 1 amide bonds. The van der Waals surface area contributed by atoms with E-state index in [1.54, 1.807) is 19.0 Å². The molecule has 0 heterocycles. The Bertz CT molecular complexity index is 407. The molecule has 112 valence electrons. The molecule has 0 radical (unpaired) electrons. The molecular formula is C16H25NO2S. The minimum atomic E-state index is 0.0294. The van der Waals surface area contributed by atoms with Gasteiger partial charge in [-0.25, -0.2) is 0 Å². The molecule has 0 saturated heterocycles. The molecule has 0 aliphatic rings. The number of hydrogen-bond acceptors (Lipinski definition) is 3. The van der Waals surface area contributed by atoms with Gasteiger partial charge in [0, 0.05) is 19.0 Å². The number of carbonyl (C=O) groups excluding carboxylic acids is 1. The van der Waals surface area contributed by atoms with Gasteiger partial charge in [-0.1, -0.05) is 38.7 Å². The maximum atomic E-state index is 11.6. The fraction of sp³-hybridized carbons (Fsp3) is 0.562. The van der Waals surface area contributed by atoms with E-state index in [-0.39, 0.29) is 5.24 Å². The van der Waals surface area contributed by atoms with Crippen molar-refractivity contribution in [1.29, 1.82) is 0 Å². The van der Waals surface area contributed by atoms with Crippen molar-refractivity contribution in [2.75, 3.05) is 20.7 Å². The van der Waals surface area contributed by atoms with Crippen LogP contribution in [0.2, 0.25) is 0 Å². The molecule has 1 rings (SSSR count). The molecule has 3 nitrogen and oxygen atoms in total. The van der Waals surface area contributed by atoms with Crippen LogP contribution in [0.3, 0.4) is 0 Å². The summed E-state index contributed by atoms with van der Waals surface area (Å²) in [4.78, 5) is 14.1. The fourth-order valence-corrected chi connectivity index (χ4v) is 2.42. The van der Waals surface area contributed by atoms with Crippen LogP contribution in [0.5, 0.6) is 5.75 Å². The van der Waals surface area contributed by atoms with Crippen molar-refractivity contribution >= 4 is 17.0 Å². The van der Waals surface area contributed by atoms with Crippen molar-refractivity contribution in [3.05, 3.63) is 24.3 Å². The van der Waals surface area contributed by atoms with Gasteiger partial charge in [0.25, 0.3) is 5.24 Å². The van der Waals surface area contributed by atoms with Crippen molar-refractivity contribution in [2.24, 2.45) is 0 Å². The van der Waals surface area contributed by atoms with Crippen LogP contribution in [0.15, 0.2) is 29.2 Å². The van der Waals surface area contributed by atoms with E-state index in [1.807, 2.05) is 24.3 Å². The molecule has 0 fully saturated rings. The van der Waals surface area contributed by atoms with Crippen LogP contribution in [0.1, 0.15) is 39.0 Å². The molecule has 0 unspecified atom stereocenters. The molecule has 0 aliphatic heterocycles. The summed E-state index contributed by atoms with van der Waals surface area (Å²) in [5.41, 5.74) is 0. The third-order valence-corrected chi connectivity index (χ3v) is 3.92. The fourth-order valence-electron chi connectivity index (χ4n) is 1.72. The van der Waals surface area contributed by atoms with E-state index in [9.17, 15) is 4.79 Å². The van der Waals surface area contributed by atoms with Gasteiger partial charge in [0.2, 0.25) is 0 Å². The van der Waals surface area contributed by atoms with Gasteiger partial charge in [0.05, 0.1) is 6.61 Å². The Kier molecular flexibility index (Phi) is 8.19. The Labute approximate surface area is 126 Å². The van der Waals surface area contributed by atoms with E-state index in [0.717, 1.165) is 23.7 Å². The van der Waals surface area contributed by atoms with Gasteiger partial charge in [0.15, 0.2) is 0 Å². The monoisotopic (exact) mass is 295 g/mol. The largest absolute Gasteiger partial charge is 0.494 e. The number of ether oxygens (including phenoxy) is 1. The van der Waals surface area contributed by atoms with E-state index < -0.39 is 0 Å². The van der Waals surface area contributed by atoms with Crippen LogP contribution in [0, 0.1) is 0 Å². The van der Waals surface area contributed by atoms with Gasteiger partial charge in [-0.3, -0.25) is 4.79 Å². The van der Waals surface area contributed by atoms with Crippen molar-refractivity contribution in [3.63, 3.8) is 0 Å². The summed E-state index contributed by atoms with van der Waals surface area (Å²) < 4.78 is 5.73. The summed E-state index contributed by atoms with van der Waals surface area (Å²) in [5.74, 6) is 0.844. The molecule has 1 aromatic rings. The quantitative estimate of drug-likeness (QED) is 0.509. The standard InChI is InChI=1S/C16H25NO2S/c1-4-5-6-7-8-12-19-14-10-9-11-15(13-14)20-16(18)17(2)3/h9-11,13H,4-8,12H2,1-3H3. The van der Waals surface area contributed by atoms with Gasteiger partial charge in [0.1, 0.15) is 5.75 Å². The number of nitrogens with zero attached hydrogens (tertiary/aromatic N) is 1. The van der Waals surface area contributed by atoms with Gasteiger partial charge in [-0.15, -0.1) is 0 Å². The second kappa shape index (κ2) is 9.70. The molecule has 4 heteroatoms. The second-order valence-corrected chi connectivity index (χ2v) is 6.02. The minimum absolute atomic E-state index is 0.0294. The topological polar surface area (TPSA) is 29.5 Å². The predicted molar refractivity (Wildman–Crippen MR) is 85.6 cm³/mol. The molecular weight excluding hydrogens is 270 g/mol. The van der Waals surface area contributed by atoms with Crippen molar-refractivity contribution in [1.82, 2.24) is 4.90 Å². The lowest BCUT2D eigenvalue weighted by molar-refractivity contribution is 0.241. The van der Waals surface area contributed by atoms with E-state index in [2.05, 4.69) is 6.92 Å². The number of amides is 1. The number of hydrogen-bond donors (Lipinski definition) is 0. The molecule has 0 aromatic heterocycles. The third-order valence-electron chi connectivity index (χ3n) is 2.89. The Hall–Kier alpha value is -1.16. The second-order valence-electron chi connectivity index (χ2n) is 5.00. The Morgan fingerprint density at radius 3 is 2.65 bits per heavy atom. The SMILES string of the molecule is CCCCCCCOc1cccc(SC(=O)N(C)C)c1. The first kappa shape index (κ1) is 16.9. The average Bonchev–Trinajstić information content (AvgIpc) is 2.43. The molecule has 0 N–H and O–H groups in total. The predicted octanol–water partition coefficient (Wildman–Crippen LogP) is 4.81. The Morgan fingerprint density at radius 1 is 1.20 bits per heavy atom. The van der Waals surface area contributed by atoms with Gasteiger partial charge in [-0.2, -0.15) is 0 Å². The van der Waals surface area contributed by atoms with Gasteiger partial charge < -0.3 is 9.64 Å². The van der Waals surface area contributed by atoms with Crippen LogP contribution < -0.4 is 4.74 Å². The maximum absolute atomic E-state index is 11.6. The van der Waals surface area contributed by atoms with Crippen molar-refractivity contribution in [2.45, 2.75) is 43.9 Å². The molecule has 0 aliphatic carbocycles. The minimum Gasteiger partial charge on any atom is -0.494 e. The number of thioether (sulfide) groups is 1. The first-order valence-corrected chi connectivity index (χ1v) is 8.07.